The summed E-state index contributed by atoms with van der Waals surface area (Å²) in [4.78, 5) is 23.2. The molecule has 0 fully saturated rings. The topological polar surface area (TPSA) is 90.7 Å². The van der Waals surface area contributed by atoms with E-state index in [0.29, 0.717) is 34.5 Å². The van der Waals surface area contributed by atoms with E-state index in [-0.39, 0.29) is 38.1 Å². The van der Waals surface area contributed by atoms with E-state index in [2.05, 4.69) is 5.32 Å². The first kappa shape index (κ1) is 23.6. The van der Waals surface area contributed by atoms with Crippen molar-refractivity contribution in [2.24, 2.45) is 5.73 Å². The summed E-state index contributed by atoms with van der Waals surface area (Å²) in [6.45, 7) is 5.05. The number of amides is 1. The molecule has 6 nitrogen and oxygen atoms in total. The van der Waals surface area contributed by atoms with Crippen molar-refractivity contribution in [3.05, 3.63) is 41.2 Å². The van der Waals surface area contributed by atoms with E-state index >= 15 is 0 Å². The molecule has 0 saturated heterocycles. The Morgan fingerprint density at radius 1 is 1.31 bits per heavy atom. The number of hydrogen-bond acceptors (Lipinski definition) is 5. The molecular formula is C18H24ClFN2O4. The average Bonchev–Trinajstić information content (AvgIpc) is 2.57. The van der Waals surface area contributed by atoms with Crippen molar-refractivity contribution >= 4 is 36.0 Å². The summed E-state index contributed by atoms with van der Waals surface area (Å²) >= 11 is 0. The van der Waals surface area contributed by atoms with E-state index in [4.69, 9.17) is 15.2 Å². The van der Waals surface area contributed by atoms with E-state index in [9.17, 15) is 14.0 Å². The molecule has 0 aromatic heterocycles. The van der Waals surface area contributed by atoms with Crippen molar-refractivity contribution in [2.45, 2.75) is 20.8 Å². The van der Waals surface area contributed by atoms with Gasteiger partial charge in [0.2, 0.25) is 5.91 Å². The van der Waals surface area contributed by atoms with E-state index < -0.39 is 5.97 Å². The minimum absolute atomic E-state index is 0. The Morgan fingerprint density at radius 3 is 2.54 bits per heavy atom. The highest BCUT2D eigenvalue weighted by atomic mass is 35.5. The van der Waals surface area contributed by atoms with Gasteiger partial charge in [-0.15, -0.1) is 12.4 Å². The Labute approximate surface area is 158 Å². The zero-order valence-corrected chi connectivity index (χ0v) is 15.8. The fourth-order valence-corrected chi connectivity index (χ4v) is 1.90. The maximum atomic E-state index is 12.5. The average molecular weight is 387 g/mol. The van der Waals surface area contributed by atoms with Crippen LogP contribution in [-0.4, -0.2) is 31.6 Å². The molecule has 0 spiro atoms. The zero-order chi connectivity index (χ0) is 18.8. The van der Waals surface area contributed by atoms with Gasteiger partial charge in [-0.25, -0.2) is 9.18 Å². The van der Waals surface area contributed by atoms with Crippen LogP contribution in [0.5, 0.6) is 5.75 Å². The van der Waals surface area contributed by atoms with Gasteiger partial charge in [-0.1, -0.05) is 0 Å². The molecule has 26 heavy (non-hydrogen) atoms. The molecular weight excluding hydrogens is 363 g/mol. The fourth-order valence-electron chi connectivity index (χ4n) is 1.90. The molecule has 3 N–H and O–H groups in total. The number of rotatable bonds is 8. The van der Waals surface area contributed by atoms with Gasteiger partial charge in [0.1, 0.15) is 12.4 Å². The largest absolute Gasteiger partial charge is 0.489 e. The quantitative estimate of drug-likeness (QED) is 0.528. The van der Waals surface area contributed by atoms with Gasteiger partial charge in [0.15, 0.2) is 0 Å². The van der Waals surface area contributed by atoms with E-state index in [0.717, 1.165) is 0 Å². The van der Waals surface area contributed by atoms with Crippen LogP contribution in [0.25, 0.3) is 6.08 Å². The molecule has 0 bridgehead atoms. The second kappa shape index (κ2) is 12.1. The van der Waals surface area contributed by atoms with Crippen LogP contribution in [0.4, 0.5) is 10.1 Å². The van der Waals surface area contributed by atoms with E-state index in [1.54, 1.807) is 38.1 Å². The van der Waals surface area contributed by atoms with Crippen molar-refractivity contribution in [3.8, 4) is 5.75 Å². The van der Waals surface area contributed by atoms with Crippen LogP contribution in [0.1, 0.15) is 26.3 Å². The number of carbonyl (C=O) groups is 2. The Kier molecular flexibility index (Phi) is 10.9. The lowest BCUT2D eigenvalue weighted by molar-refractivity contribution is -0.138. The predicted molar refractivity (Wildman–Crippen MR) is 102 cm³/mol. The first-order valence-corrected chi connectivity index (χ1v) is 7.79. The summed E-state index contributed by atoms with van der Waals surface area (Å²) in [7, 11) is 0. The lowest BCUT2D eigenvalue weighted by Gasteiger charge is -2.12. The van der Waals surface area contributed by atoms with Gasteiger partial charge in [0.25, 0.3) is 0 Å². The molecule has 8 heteroatoms. The van der Waals surface area contributed by atoms with Gasteiger partial charge in [-0.05, 0) is 37.6 Å². The normalized spacial score (nSPS) is 11.4. The number of hydrogen-bond donors (Lipinski definition) is 2. The maximum Gasteiger partial charge on any atom is 0.333 e. The Bertz CT molecular complexity index is 690. The fraction of sp³-hybridized carbons (Fsp3) is 0.333. The molecule has 0 saturated carbocycles. The van der Waals surface area contributed by atoms with Crippen LogP contribution in [-0.2, 0) is 14.3 Å². The highest BCUT2D eigenvalue weighted by Crippen LogP contribution is 2.25. The second-order valence-electron chi connectivity index (χ2n) is 5.24. The third-order valence-corrected chi connectivity index (χ3v) is 3.15. The third-order valence-electron chi connectivity index (χ3n) is 3.15. The lowest BCUT2D eigenvalue weighted by atomic mass is 10.1. The Balaban J connectivity index is 0.00000625. The number of ether oxygens (including phenoxy) is 2. The van der Waals surface area contributed by atoms with Gasteiger partial charge >= 0.3 is 5.97 Å². The van der Waals surface area contributed by atoms with Crippen molar-refractivity contribution in [1.82, 2.24) is 0 Å². The first-order valence-electron chi connectivity index (χ1n) is 7.79. The summed E-state index contributed by atoms with van der Waals surface area (Å²) in [5.74, 6) is -0.272. The smallest absolute Gasteiger partial charge is 0.333 e. The standard InChI is InChI=1S/C18H23FN2O4.ClH/c1-4-24-18(23)12(2)7-15-5-6-16(8-17(15)21-13(3)22)25-11-14(9-19)10-20;/h5-9H,4,10-11,20H2,1-3H3,(H,21,22);1H/b12-7+,14-9+;. The number of benzene rings is 1. The van der Waals surface area contributed by atoms with Crippen LogP contribution >= 0.6 is 12.4 Å². The number of nitrogens with two attached hydrogens (primary N) is 1. The van der Waals surface area contributed by atoms with E-state index in [1.807, 2.05) is 0 Å². The summed E-state index contributed by atoms with van der Waals surface area (Å²) in [5.41, 5.74) is 7.17. The minimum atomic E-state index is -0.433. The van der Waals surface area contributed by atoms with Crippen LogP contribution in [0, 0.1) is 0 Å². The summed E-state index contributed by atoms with van der Waals surface area (Å²) in [6, 6.07) is 4.94. The second-order valence-corrected chi connectivity index (χ2v) is 5.24. The Morgan fingerprint density at radius 2 is 2.00 bits per heavy atom. The summed E-state index contributed by atoms with van der Waals surface area (Å²) < 4.78 is 22.9. The van der Waals surface area contributed by atoms with Gasteiger partial charge in [-0.3, -0.25) is 4.79 Å². The van der Waals surface area contributed by atoms with Gasteiger partial charge in [0.05, 0.1) is 18.6 Å². The van der Waals surface area contributed by atoms with Crippen molar-refractivity contribution in [3.63, 3.8) is 0 Å². The van der Waals surface area contributed by atoms with E-state index in [1.165, 1.54) is 6.92 Å². The Hall–Kier alpha value is -2.38. The minimum Gasteiger partial charge on any atom is -0.489 e. The first-order chi connectivity index (χ1) is 11.9. The molecule has 1 aromatic carbocycles. The molecule has 0 aliphatic carbocycles. The monoisotopic (exact) mass is 386 g/mol. The molecule has 1 amide bonds. The molecule has 0 atom stereocenters. The molecule has 0 unspecified atom stereocenters. The molecule has 1 rings (SSSR count). The number of halogens is 2. The van der Waals surface area contributed by atoms with Crippen LogP contribution in [0.3, 0.4) is 0 Å². The molecule has 1 aromatic rings. The number of esters is 1. The third kappa shape index (κ3) is 7.67. The predicted octanol–water partition coefficient (Wildman–Crippen LogP) is 3.22. The van der Waals surface area contributed by atoms with Crippen LogP contribution < -0.4 is 15.8 Å². The number of anilines is 1. The van der Waals surface area contributed by atoms with Gasteiger partial charge < -0.3 is 20.5 Å². The molecule has 0 aliphatic heterocycles. The van der Waals surface area contributed by atoms with Crippen molar-refractivity contribution < 1.29 is 23.5 Å². The lowest BCUT2D eigenvalue weighted by Crippen LogP contribution is -2.11. The molecule has 144 valence electrons. The van der Waals surface area contributed by atoms with Crippen LogP contribution in [0.15, 0.2) is 35.7 Å². The number of carbonyl (C=O) groups excluding carboxylic acids is 2. The highest BCUT2D eigenvalue weighted by Gasteiger charge is 2.09. The summed E-state index contributed by atoms with van der Waals surface area (Å²) in [5, 5.41) is 2.68. The van der Waals surface area contributed by atoms with Crippen molar-refractivity contribution in [1.29, 1.82) is 0 Å². The molecule has 0 aliphatic rings. The summed E-state index contributed by atoms with van der Waals surface area (Å²) in [6.07, 6.45) is 2.02. The maximum absolute atomic E-state index is 12.5. The van der Waals surface area contributed by atoms with Gasteiger partial charge in [0, 0.05) is 30.7 Å². The molecule has 0 heterocycles. The zero-order valence-electron chi connectivity index (χ0n) is 15.0. The number of nitrogens with one attached hydrogen (secondary N) is 1. The molecule has 0 radical (unpaired) electrons. The SMILES string of the molecule is CCOC(=O)/C(C)=C/c1ccc(OC/C(=C/F)CN)cc1NC(C)=O.Cl. The van der Waals surface area contributed by atoms with Crippen LogP contribution in [0.2, 0.25) is 0 Å². The van der Waals surface area contributed by atoms with Gasteiger partial charge in [-0.2, -0.15) is 0 Å². The highest BCUT2D eigenvalue weighted by molar-refractivity contribution is 5.96. The van der Waals surface area contributed by atoms with Crippen molar-refractivity contribution in [2.75, 3.05) is 25.1 Å².